The molecule has 2 aliphatic rings. The lowest BCUT2D eigenvalue weighted by Gasteiger charge is -2.40. The average molecular weight is 360 g/mol. The minimum atomic E-state index is -0.0105. The first-order chi connectivity index (χ1) is 11.6. The van der Waals surface area contributed by atoms with Crippen molar-refractivity contribution >= 4 is 29.1 Å². The van der Waals surface area contributed by atoms with Crippen LogP contribution in [0.3, 0.4) is 0 Å². The number of aryl methyl sites for hydroxylation is 1. The molecule has 1 amide bonds. The van der Waals surface area contributed by atoms with E-state index in [0.29, 0.717) is 15.6 Å². The zero-order valence-electron chi connectivity index (χ0n) is 13.4. The van der Waals surface area contributed by atoms with Gasteiger partial charge in [0, 0.05) is 13.1 Å². The molecule has 0 N–H and O–H groups in total. The number of halogens is 2. The van der Waals surface area contributed by atoms with Crippen LogP contribution in [0.4, 0.5) is 0 Å². The third-order valence-electron chi connectivity index (χ3n) is 5.65. The van der Waals surface area contributed by atoms with E-state index in [0.717, 1.165) is 32.4 Å². The highest BCUT2D eigenvalue weighted by Gasteiger charge is 2.41. The number of hydrogen-bond donors (Lipinski definition) is 0. The van der Waals surface area contributed by atoms with E-state index in [9.17, 15) is 4.79 Å². The predicted octanol–water partition coefficient (Wildman–Crippen LogP) is 5.11. The summed E-state index contributed by atoms with van der Waals surface area (Å²) in [5, 5.41) is 0.788. The van der Waals surface area contributed by atoms with Gasteiger partial charge < -0.3 is 4.90 Å². The van der Waals surface area contributed by atoms with Crippen LogP contribution in [0.25, 0.3) is 0 Å². The Kier molecular flexibility index (Phi) is 4.06. The molecule has 1 fully saturated rings. The van der Waals surface area contributed by atoms with Gasteiger partial charge in [-0.05, 0) is 54.4 Å². The van der Waals surface area contributed by atoms with E-state index >= 15 is 0 Å². The molecule has 0 aromatic heterocycles. The Bertz CT molecular complexity index is 794. The highest BCUT2D eigenvalue weighted by Crippen LogP contribution is 2.46. The molecule has 0 atom stereocenters. The van der Waals surface area contributed by atoms with Crippen molar-refractivity contribution in [2.75, 3.05) is 13.1 Å². The third-order valence-corrected chi connectivity index (χ3v) is 6.47. The molecule has 0 bridgehead atoms. The Morgan fingerprint density at radius 1 is 0.958 bits per heavy atom. The van der Waals surface area contributed by atoms with Crippen LogP contribution in [0.1, 0.15) is 40.7 Å². The maximum atomic E-state index is 12.8. The molecule has 2 aromatic rings. The van der Waals surface area contributed by atoms with Crippen LogP contribution in [-0.4, -0.2) is 23.9 Å². The van der Waals surface area contributed by atoms with E-state index in [1.807, 2.05) is 4.90 Å². The molecule has 1 spiro atoms. The number of carbonyl (C=O) groups is 1. The van der Waals surface area contributed by atoms with Crippen LogP contribution < -0.4 is 0 Å². The van der Waals surface area contributed by atoms with E-state index < -0.39 is 0 Å². The van der Waals surface area contributed by atoms with Gasteiger partial charge in [0.2, 0.25) is 0 Å². The lowest BCUT2D eigenvalue weighted by atomic mass is 9.74. The lowest BCUT2D eigenvalue weighted by Crippen LogP contribution is -2.44. The Morgan fingerprint density at radius 2 is 1.71 bits per heavy atom. The van der Waals surface area contributed by atoms with Gasteiger partial charge in [-0.2, -0.15) is 0 Å². The van der Waals surface area contributed by atoms with Crippen molar-refractivity contribution in [2.24, 2.45) is 0 Å². The smallest absolute Gasteiger partial charge is 0.255 e. The van der Waals surface area contributed by atoms with Crippen LogP contribution >= 0.6 is 23.2 Å². The maximum absolute atomic E-state index is 12.8. The van der Waals surface area contributed by atoms with E-state index in [1.54, 1.807) is 18.2 Å². The van der Waals surface area contributed by atoms with Crippen LogP contribution in [0.15, 0.2) is 42.5 Å². The van der Waals surface area contributed by atoms with Crippen molar-refractivity contribution in [1.29, 1.82) is 0 Å². The van der Waals surface area contributed by atoms with Crippen molar-refractivity contribution < 1.29 is 4.79 Å². The van der Waals surface area contributed by atoms with Crippen LogP contribution in [0.5, 0.6) is 0 Å². The molecule has 2 nitrogen and oxygen atoms in total. The molecule has 1 heterocycles. The molecule has 1 saturated heterocycles. The second-order valence-electron chi connectivity index (χ2n) is 6.83. The first kappa shape index (κ1) is 16.0. The van der Waals surface area contributed by atoms with E-state index in [1.165, 1.54) is 17.5 Å². The van der Waals surface area contributed by atoms with Crippen molar-refractivity contribution in [3.05, 3.63) is 69.2 Å². The summed E-state index contributed by atoms with van der Waals surface area (Å²) in [4.78, 5) is 14.7. The fraction of sp³-hybridized carbons (Fsp3) is 0.350. The molecule has 1 aliphatic heterocycles. The minimum Gasteiger partial charge on any atom is -0.339 e. The molecule has 0 radical (unpaired) electrons. The van der Waals surface area contributed by atoms with Crippen molar-refractivity contribution in [3.63, 3.8) is 0 Å². The summed E-state index contributed by atoms with van der Waals surface area (Å²) < 4.78 is 0. The molecule has 4 rings (SSSR count). The Hall–Kier alpha value is -1.51. The molecule has 124 valence electrons. The summed E-state index contributed by atoms with van der Waals surface area (Å²) in [6.07, 6.45) is 4.40. The average Bonchev–Trinajstić information content (AvgIpc) is 2.96. The highest BCUT2D eigenvalue weighted by molar-refractivity contribution is 6.43. The SMILES string of the molecule is O=C(c1cccc(Cl)c1Cl)N1CCC2(CCc3ccccc32)CC1. The molecular formula is C20H19Cl2NO. The highest BCUT2D eigenvalue weighted by atomic mass is 35.5. The summed E-state index contributed by atoms with van der Waals surface area (Å²) in [5.41, 5.74) is 3.74. The van der Waals surface area contributed by atoms with Crippen molar-refractivity contribution in [3.8, 4) is 0 Å². The summed E-state index contributed by atoms with van der Waals surface area (Å²) in [7, 11) is 0. The number of rotatable bonds is 1. The minimum absolute atomic E-state index is 0.0105. The number of carbonyl (C=O) groups excluding carboxylic acids is 1. The van der Waals surface area contributed by atoms with Gasteiger partial charge in [0.25, 0.3) is 5.91 Å². The first-order valence-corrected chi connectivity index (χ1v) is 9.18. The number of likely N-dealkylation sites (tertiary alicyclic amines) is 1. The maximum Gasteiger partial charge on any atom is 0.255 e. The Morgan fingerprint density at radius 3 is 2.50 bits per heavy atom. The number of fused-ring (bicyclic) bond motifs is 2. The van der Waals surface area contributed by atoms with Crippen LogP contribution in [0, 0.1) is 0 Å². The molecule has 0 unspecified atom stereocenters. The van der Waals surface area contributed by atoms with Gasteiger partial charge >= 0.3 is 0 Å². The van der Waals surface area contributed by atoms with Gasteiger partial charge in [0.05, 0.1) is 15.6 Å². The summed E-state index contributed by atoms with van der Waals surface area (Å²) in [5.74, 6) is -0.0105. The van der Waals surface area contributed by atoms with E-state index in [4.69, 9.17) is 23.2 Å². The number of hydrogen-bond acceptors (Lipinski definition) is 1. The standard InChI is InChI=1S/C20H19Cl2NO/c21-17-7-3-5-15(18(17)22)19(24)23-12-10-20(11-13-23)9-8-14-4-1-2-6-16(14)20/h1-7H,8-13H2. The topological polar surface area (TPSA) is 20.3 Å². The first-order valence-electron chi connectivity index (χ1n) is 8.42. The van der Waals surface area contributed by atoms with Crippen molar-refractivity contribution in [1.82, 2.24) is 4.90 Å². The summed E-state index contributed by atoms with van der Waals surface area (Å²) in [6, 6.07) is 14.0. The number of benzene rings is 2. The zero-order chi connectivity index (χ0) is 16.7. The number of nitrogens with zero attached hydrogens (tertiary/aromatic N) is 1. The van der Waals surface area contributed by atoms with E-state index in [2.05, 4.69) is 24.3 Å². The van der Waals surface area contributed by atoms with Gasteiger partial charge in [-0.15, -0.1) is 0 Å². The quantitative estimate of drug-likeness (QED) is 0.692. The molecule has 24 heavy (non-hydrogen) atoms. The fourth-order valence-corrected chi connectivity index (χ4v) is 4.64. The summed E-state index contributed by atoms with van der Waals surface area (Å²) in [6.45, 7) is 1.55. The molecule has 0 saturated carbocycles. The summed E-state index contributed by atoms with van der Waals surface area (Å²) >= 11 is 12.3. The molecule has 1 aliphatic carbocycles. The Labute approximate surface area is 152 Å². The number of amides is 1. The number of piperidine rings is 1. The predicted molar refractivity (Wildman–Crippen MR) is 98.0 cm³/mol. The lowest BCUT2D eigenvalue weighted by molar-refractivity contribution is 0.0666. The van der Waals surface area contributed by atoms with Crippen LogP contribution in [-0.2, 0) is 11.8 Å². The van der Waals surface area contributed by atoms with Gasteiger partial charge in [-0.25, -0.2) is 0 Å². The van der Waals surface area contributed by atoms with Gasteiger partial charge in [-0.3, -0.25) is 4.79 Å². The fourth-order valence-electron chi connectivity index (χ4n) is 4.26. The molecule has 4 heteroatoms. The Balaban J connectivity index is 1.53. The van der Waals surface area contributed by atoms with E-state index in [-0.39, 0.29) is 11.3 Å². The normalized spacial score (nSPS) is 18.7. The van der Waals surface area contributed by atoms with Crippen molar-refractivity contribution in [2.45, 2.75) is 31.1 Å². The second kappa shape index (κ2) is 6.09. The third kappa shape index (κ3) is 2.53. The molecular weight excluding hydrogens is 341 g/mol. The van der Waals surface area contributed by atoms with Gasteiger partial charge in [0.15, 0.2) is 0 Å². The second-order valence-corrected chi connectivity index (χ2v) is 7.62. The monoisotopic (exact) mass is 359 g/mol. The zero-order valence-corrected chi connectivity index (χ0v) is 14.9. The van der Waals surface area contributed by atoms with Gasteiger partial charge in [0.1, 0.15) is 0 Å². The van der Waals surface area contributed by atoms with Gasteiger partial charge in [-0.1, -0.05) is 53.5 Å². The largest absolute Gasteiger partial charge is 0.339 e. The molecule has 2 aromatic carbocycles. The van der Waals surface area contributed by atoms with Crippen LogP contribution in [0.2, 0.25) is 10.0 Å².